The highest BCUT2D eigenvalue weighted by Gasteiger charge is 2.66. The smallest absolute Gasteiger partial charge is 0.508 e. The zero-order valence-corrected chi connectivity index (χ0v) is 20.4. The monoisotopic (exact) mass is 577 g/mol. The number of nitrogens with zero attached hydrogens (tertiary/aromatic N) is 1. The Balaban J connectivity index is 1.68. The van der Waals surface area contributed by atoms with Crippen molar-refractivity contribution < 1.29 is 32.7 Å². The Labute approximate surface area is 216 Å². The Kier molecular flexibility index (Phi) is 6.11. The fourth-order valence-corrected chi connectivity index (χ4v) is 5.62. The predicted octanol–water partition coefficient (Wildman–Crippen LogP) is 4.84. The summed E-state index contributed by atoms with van der Waals surface area (Å²) in [7, 11) is 0. The average Bonchev–Trinajstić information content (AvgIpc) is 3.30. The first-order valence-corrected chi connectivity index (χ1v) is 11.9. The summed E-state index contributed by atoms with van der Waals surface area (Å²) < 4.78 is 43.8. The van der Waals surface area contributed by atoms with Gasteiger partial charge >= 0.3 is 6.36 Å². The first-order valence-electron chi connectivity index (χ1n) is 11.1. The number of halogens is 4. The van der Waals surface area contributed by atoms with E-state index in [4.69, 9.17) is 0 Å². The number of rotatable bonds is 5. The molecule has 37 heavy (non-hydrogen) atoms. The van der Waals surface area contributed by atoms with Crippen LogP contribution in [0.25, 0.3) is 0 Å². The minimum Gasteiger partial charge on any atom is -0.508 e. The quantitative estimate of drug-likeness (QED) is 0.295. The Bertz CT molecular complexity index is 1370. The van der Waals surface area contributed by atoms with E-state index < -0.39 is 46.5 Å². The van der Waals surface area contributed by atoms with Gasteiger partial charge in [-0.2, -0.15) is 0 Å². The second-order valence-corrected chi connectivity index (χ2v) is 9.86. The topological polar surface area (TPSA) is 114 Å². The molecule has 0 aromatic heterocycles. The van der Waals surface area contributed by atoms with Crippen LogP contribution in [0.3, 0.4) is 0 Å². The molecule has 2 aliphatic rings. The molecule has 4 atom stereocenters. The Morgan fingerprint density at radius 2 is 1.76 bits per heavy atom. The maximum Gasteiger partial charge on any atom is 0.573 e. The van der Waals surface area contributed by atoms with Gasteiger partial charge in [0.2, 0.25) is 11.9 Å². The molecular formula is C25H19BrF3N3O5. The first kappa shape index (κ1) is 25.0. The summed E-state index contributed by atoms with van der Waals surface area (Å²) in [6.45, 7) is 0. The number of phenols is 1. The van der Waals surface area contributed by atoms with Crippen molar-refractivity contribution in [2.24, 2.45) is 0 Å². The van der Waals surface area contributed by atoms with Gasteiger partial charge in [-0.1, -0.05) is 40.2 Å². The second kappa shape index (κ2) is 9.03. The molecule has 1 spiro atoms. The van der Waals surface area contributed by atoms with Crippen molar-refractivity contribution in [2.75, 3.05) is 5.32 Å². The van der Waals surface area contributed by atoms with E-state index in [2.05, 4.69) is 31.3 Å². The highest BCUT2D eigenvalue weighted by Crippen LogP contribution is 2.53. The molecule has 192 valence electrons. The van der Waals surface area contributed by atoms with Crippen LogP contribution < -0.4 is 15.4 Å². The standard InChI is InChI=1S/C25H19BrF3N3O5/c26-15-5-3-14(4-6-15)21-22(32(35)36)20(11-13-1-7-16(33)8-2-13)31-24(21)18-12-17(37-25(27,28)29)9-10-19(18)30-23(24)34/h1-10,12,20-22,31,33H,11H2,(H,30,34). The largest absolute Gasteiger partial charge is 0.573 e. The lowest BCUT2D eigenvalue weighted by molar-refractivity contribution is -0.526. The molecule has 0 bridgehead atoms. The number of hydrogen-bond acceptors (Lipinski definition) is 6. The normalized spacial score (nSPS) is 24.6. The molecule has 3 aromatic carbocycles. The van der Waals surface area contributed by atoms with Crippen LogP contribution in [-0.4, -0.2) is 34.4 Å². The predicted molar refractivity (Wildman–Crippen MR) is 130 cm³/mol. The Morgan fingerprint density at radius 1 is 1.08 bits per heavy atom. The number of amides is 1. The fraction of sp³-hybridized carbons (Fsp3) is 0.240. The zero-order chi connectivity index (χ0) is 26.5. The van der Waals surface area contributed by atoms with E-state index in [1.165, 1.54) is 18.2 Å². The number of hydrogen-bond donors (Lipinski definition) is 3. The SMILES string of the molecule is O=C1Nc2ccc(OC(F)(F)F)cc2C12NC(Cc1ccc(O)cc1)C([N+](=O)[O-])C2c1ccc(Br)cc1. The Morgan fingerprint density at radius 3 is 2.38 bits per heavy atom. The maximum absolute atomic E-state index is 13.6. The van der Waals surface area contributed by atoms with Gasteiger partial charge in [0.15, 0.2) is 0 Å². The average molecular weight is 578 g/mol. The number of nitrogens with one attached hydrogen (secondary N) is 2. The molecular weight excluding hydrogens is 559 g/mol. The molecule has 2 aliphatic heterocycles. The van der Waals surface area contributed by atoms with Gasteiger partial charge in [-0.05, 0) is 60.0 Å². The van der Waals surface area contributed by atoms with Crippen molar-refractivity contribution in [3.63, 3.8) is 0 Å². The van der Waals surface area contributed by atoms with Crippen LogP contribution in [0.15, 0.2) is 71.2 Å². The van der Waals surface area contributed by atoms with Crippen LogP contribution in [0, 0.1) is 10.1 Å². The van der Waals surface area contributed by atoms with Crippen molar-refractivity contribution in [1.82, 2.24) is 5.32 Å². The highest BCUT2D eigenvalue weighted by molar-refractivity contribution is 9.10. The minimum absolute atomic E-state index is 0.0273. The van der Waals surface area contributed by atoms with Gasteiger partial charge in [0.25, 0.3) is 0 Å². The van der Waals surface area contributed by atoms with E-state index >= 15 is 0 Å². The van der Waals surface area contributed by atoms with E-state index in [1.807, 2.05) is 0 Å². The zero-order valence-electron chi connectivity index (χ0n) is 18.8. The third kappa shape index (κ3) is 4.51. The summed E-state index contributed by atoms with van der Waals surface area (Å²) in [6.07, 6.45) is -4.83. The molecule has 0 saturated carbocycles. The van der Waals surface area contributed by atoms with Crippen molar-refractivity contribution in [3.8, 4) is 11.5 Å². The van der Waals surface area contributed by atoms with Gasteiger partial charge in [-0.3, -0.25) is 20.2 Å². The van der Waals surface area contributed by atoms with E-state index in [0.29, 0.717) is 15.6 Å². The second-order valence-electron chi connectivity index (χ2n) is 8.94. The molecule has 0 radical (unpaired) electrons. The molecule has 1 saturated heterocycles. The van der Waals surface area contributed by atoms with Crippen molar-refractivity contribution in [2.45, 2.75) is 36.3 Å². The third-order valence-corrected chi connectivity index (χ3v) is 7.28. The van der Waals surface area contributed by atoms with Crippen LogP contribution in [0.5, 0.6) is 11.5 Å². The minimum atomic E-state index is -4.96. The number of ether oxygens (including phenoxy) is 1. The van der Waals surface area contributed by atoms with Gasteiger partial charge in [0.05, 0.1) is 12.0 Å². The van der Waals surface area contributed by atoms with Gasteiger partial charge in [-0.25, -0.2) is 0 Å². The van der Waals surface area contributed by atoms with E-state index in [-0.39, 0.29) is 23.4 Å². The summed E-state index contributed by atoms with van der Waals surface area (Å²) in [6, 6.07) is 14.1. The summed E-state index contributed by atoms with van der Waals surface area (Å²) in [4.78, 5) is 25.7. The summed E-state index contributed by atoms with van der Waals surface area (Å²) in [5.74, 6) is -2.20. The number of nitro groups is 1. The third-order valence-electron chi connectivity index (χ3n) is 6.75. The lowest BCUT2D eigenvalue weighted by Gasteiger charge is -2.30. The van der Waals surface area contributed by atoms with Crippen LogP contribution in [0.4, 0.5) is 18.9 Å². The number of benzene rings is 3. The number of carbonyl (C=O) groups is 1. The molecule has 2 heterocycles. The molecule has 8 nitrogen and oxygen atoms in total. The molecule has 1 amide bonds. The van der Waals surface area contributed by atoms with Gasteiger partial charge < -0.3 is 15.2 Å². The fourth-order valence-electron chi connectivity index (χ4n) is 5.35. The highest BCUT2D eigenvalue weighted by atomic mass is 79.9. The molecule has 0 aliphatic carbocycles. The van der Waals surface area contributed by atoms with Crippen molar-refractivity contribution in [1.29, 1.82) is 0 Å². The van der Waals surface area contributed by atoms with Crippen LogP contribution in [0.2, 0.25) is 0 Å². The molecule has 5 rings (SSSR count). The maximum atomic E-state index is 13.6. The van der Waals surface area contributed by atoms with E-state index in [1.54, 1.807) is 36.4 Å². The number of alkyl halides is 3. The number of fused-ring (bicyclic) bond motifs is 2. The lowest BCUT2D eigenvalue weighted by atomic mass is 9.74. The molecule has 4 unspecified atom stereocenters. The number of phenolic OH excluding ortho intramolecular Hbond substituents is 1. The van der Waals surface area contributed by atoms with Gasteiger partial charge in [-0.15, -0.1) is 13.2 Å². The molecule has 12 heteroatoms. The van der Waals surface area contributed by atoms with Crippen molar-refractivity contribution >= 4 is 27.5 Å². The Hall–Kier alpha value is -3.64. The summed E-state index contributed by atoms with van der Waals surface area (Å²) in [5, 5.41) is 28.0. The van der Waals surface area contributed by atoms with Gasteiger partial charge in [0.1, 0.15) is 17.0 Å². The first-order chi connectivity index (χ1) is 17.5. The van der Waals surface area contributed by atoms with Crippen molar-refractivity contribution in [3.05, 3.63) is 98.0 Å². The summed E-state index contributed by atoms with van der Waals surface area (Å²) >= 11 is 3.34. The van der Waals surface area contributed by atoms with E-state index in [0.717, 1.165) is 12.1 Å². The number of anilines is 1. The molecule has 3 aromatic rings. The van der Waals surface area contributed by atoms with Crippen LogP contribution in [0.1, 0.15) is 22.6 Å². The lowest BCUT2D eigenvalue weighted by Crippen LogP contribution is -2.49. The van der Waals surface area contributed by atoms with Crippen LogP contribution >= 0.6 is 15.9 Å². The molecule has 3 N–H and O–H groups in total. The van der Waals surface area contributed by atoms with Gasteiger partial charge in [0, 0.05) is 20.6 Å². The number of carbonyl (C=O) groups excluding carboxylic acids is 1. The summed E-state index contributed by atoms with van der Waals surface area (Å²) in [5.41, 5.74) is -0.237. The van der Waals surface area contributed by atoms with E-state index in [9.17, 15) is 33.2 Å². The van der Waals surface area contributed by atoms with Crippen LogP contribution in [-0.2, 0) is 16.8 Å². The number of aromatic hydroxyl groups is 1. The molecule has 1 fully saturated rings.